The first-order valence-electron chi connectivity index (χ1n) is 3.87. The van der Waals surface area contributed by atoms with Gasteiger partial charge in [0, 0.05) is 12.6 Å². The third-order valence-electron chi connectivity index (χ3n) is 1.88. The van der Waals surface area contributed by atoms with E-state index < -0.39 is 0 Å². The highest BCUT2D eigenvalue weighted by molar-refractivity contribution is 5.25. The Morgan fingerprint density at radius 1 is 1.50 bits per heavy atom. The maximum Gasteiger partial charge on any atom is 0.126 e. The van der Waals surface area contributed by atoms with Gasteiger partial charge in [-0.1, -0.05) is 12.1 Å². The SMILES string of the molecule is Cc1ccc(C(N)CN)cc1F. The molecule has 1 rings (SSSR count). The van der Waals surface area contributed by atoms with Crippen molar-refractivity contribution in [2.24, 2.45) is 11.5 Å². The van der Waals surface area contributed by atoms with Gasteiger partial charge in [0.15, 0.2) is 0 Å². The monoisotopic (exact) mass is 168 g/mol. The van der Waals surface area contributed by atoms with E-state index in [0.717, 1.165) is 5.56 Å². The number of nitrogens with two attached hydrogens (primary N) is 2. The molecule has 0 saturated heterocycles. The number of rotatable bonds is 2. The maximum atomic E-state index is 13.0. The molecule has 0 aliphatic heterocycles. The van der Waals surface area contributed by atoms with E-state index in [0.29, 0.717) is 12.1 Å². The molecule has 0 spiro atoms. The van der Waals surface area contributed by atoms with Gasteiger partial charge in [-0.2, -0.15) is 0 Å². The van der Waals surface area contributed by atoms with E-state index in [9.17, 15) is 4.39 Å². The summed E-state index contributed by atoms with van der Waals surface area (Å²) in [5, 5.41) is 0. The van der Waals surface area contributed by atoms with Crippen LogP contribution in [0.3, 0.4) is 0 Å². The van der Waals surface area contributed by atoms with Crippen LogP contribution in [0.15, 0.2) is 18.2 Å². The van der Waals surface area contributed by atoms with Crippen molar-refractivity contribution in [1.82, 2.24) is 0 Å². The minimum atomic E-state index is -0.264. The fourth-order valence-corrected chi connectivity index (χ4v) is 0.976. The van der Waals surface area contributed by atoms with Crippen molar-refractivity contribution < 1.29 is 4.39 Å². The lowest BCUT2D eigenvalue weighted by atomic mass is 10.1. The van der Waals surface area contributed by atoms with Crippen LogP contribution in [0, 0.1) is 12.7 Å². The van der Waals surface area contributed by atoms with Gasteiger partial charge in [0.25, 0.3) is 0 Å². The van der Waals surface area contributed by atoms with E-state index in [1.165, 1.54) is 6.07 Å². The number of aryl methyl sites for hydroxylation is 1. The number of halogens is 1. The largest absolute Gasteiger partial charge is 0.329 e. The van der Waals surface area contributed by atoms with Crippen LogP contribution >= 0.6 is 0 Å². The molecule has 66 valence electrons. The lowest BCUT2D eigenvalue weighted by Crippen LogP contribution is -2.20. The molecule has 0 bridgehead atoms. The van der Waals surface area contributed by atoms with E-state index in [1.807, 2.05) is 0 Å². The first-order valence-corrected chi connectivity index (χ1v) is 3.87. The smallest absolute Gasteiger partial charge is 0.126 e. The molecule has 12 heavy (non-hydrogen) atoms. The van der Waals surface area contributed by atoms with E-state index in [4.69, 9.17) is 11.5 Å². The number of hydrogen-bond donors (Lipinski definition) is 2. The highest BCUT2D eigenvalue weighted by Crippen LogP contribution is 2.13. The molecule has 1 unspecified atom stereocenters. The Morgan fingerprint density at radius 2 is 2.17 bits per heavy atom. The second kappa shape index (κ2) is 3.65. The average molecular weight is 168 g/mol. The van der Waals surface area contributed by atoms with Crippen molar-refractivity contribution in [3.8, 4) is 0 Å². The molecular weight excluding hydrogens is 155 g/mol. The number of benzene rings is 1. The molecule has 1 atom stereocenters. The van der Waals surface area contributed by atoms with Gasteiger partial charge < -0.3 is 11.5 Å². The van der Waals surface area contributed by atoms with Crippen LogP contribution in [-0.2, 0) is 0 Å². The quantitative estimate of drug-likeness (QED) is 0.694. The third-order valence-corrected chi connectivity index (χ3v) is 1.88. The summed E-state index contributed by atoms with van der Waals surface area (Å²) in [6, 6.07) is 4.68. The first-order chi connectivity index (χ1) is 5.65. The standard InChI is InChI=1S/C9H13FN2/c1-6-2-3-7(4-8(6)10)9(12)5-11/h2-4,9H,5,11-12H2,1H3. The second-order valence-corrected chi connectivity index (χ2v) is 2.85. The Hall–Kier alpha value is -0.930. The van der Waals surface area contributed by atoms with Crippen molar-refractivity contribution in [3.63, 3.8) is 0 Å². The molecule has 0 aliphatic carbocycles. The van der Waals surface area contributed by atoms with Crippen molar-refractivity contribution in [3.05, 3.63) is 35.1 Å². The van der Waals surface area contributed by atoms with Crippen molar-refractivity contribution in [2.75, 3.05) is 6.54 Å². The molecular formula is C9H13FN2. The van der Waals surface area contributed by atoms with Gasteiger partial charge in [-0.05, 0) is 24.1 Å². The van der Waals surface area contributed by atoms with Crippen LogP contribution in [0.25, 0.3) is 0 Å². The predicted octanol–water partition coefficient (Wildman–Crippen LogP) is 1.09. The Kier molecular flexibility index (Phi) is 2.78. The van der Waals surface area contributed by atoms with Gasteiger partial charge in [-0.25, -0.2) is 4.39 Å². The molecule has 4 N–H and O–H groups in total. The zero-order chi connectivity index (χ0) is 9.14. The van der Waals surface area contributed by atoms with Crippen LogP contribution in [-0.4, -0.2) is 6.54 Å². The molecule has 1 aromatic carbocycles. The van der Waals surface area contributed by atoms with Crippen LogP contribution in [0.2, 0.25) is 0 Å². The highest BCUT2D eigenvalue weighted by Gasteiger charge is 2.05. The zero-order valence-electron chi connectivity index (χ0n) is 7.05. The summed E-state index contributed by atoms with van der Waals surface area (Å²) < 4.78 is 13.0. The summed E-state index contributed by atoms with van der Waals surface area (Å²) in [5.41, 5.74) is 12.3. The van der Waals surface area contributed by atoms with Gasteiger partial charge in [0.1, 0.15) is 5.82 Å². The molecule has 1 aromatic rings. The Balaban J connectivity index is 2.96. The molecule has 0 amide bonds. The topological polar surface area (TPSA) is 52.0 Å². The summed E-state index contributed by atoms with van der Waals surface area (Å²) in [6.07, 6.45) is 0. The van der Waals surface area contributed by atoms with Gasteiger partial charge in [0.05, 0.1) is 0 Å². The molecule has 0 fully saturated rings. The minimum Gasteiger partial charge on any atom is -0.329 e. The lowest BCUT2D eigenvalue weighted by molar-refractivity contribution is 0.611. The van der Waals surface area contributed by atoms with Crippen LogP contribution in [0.5, 0.6) is 0 Å². The second-order valence-electron chi connectivity index (χ2n) is 2.85. The predicted molar refractivity (Wildman–Crippen MR) is 47.1 cm³/mol. The normalized spacial score (nSPS) is 13.0. The molecule has 0 radical (unpaired) electrons. The van der Waals surface area contributed by atoms with Crippen molar-refractivity contribution in [2.45, 2.75) is 13.0 Å². The Labute approximate surface area is 71.4 Å². The summed E-state index contributed by atoms with van der Waals surface area (Å²) in [7, 11) is 0. The molecule has 0 heterocycles. The van der Waals surface area contributed by atoms with Gasteiger partial charge in [0.2, 0.25) is 0 Å². The molecule has 3 heteroatoms. The Morgan fingerprint density at radius 3 is 2.67 bits per heavy atom. The van der Waals surface area contributed by atoms with E-state index in [-0.39, 0.29) is 11.9 Å². The lowest BCUT2D eigenvalue weighted by Gasteiger charge is -2.09. The molecule has 0 aromatic heterocycles. The molecule has 0 saturated carbocycles. The summed E-state index contributed by atoms with van der Waals surface area (Å²) in [6.45, 7) is 2.05. The molecule has 2 nitrogen and oxygen atoms in total. The highest BCUT2D eigenvalue weighted by atomic mass is 19.1. The van der Waals surface area contributed by atoms with Crippen LogP contribution in [0.1, 0.15) is 17.2 Å². The fourth-order valence-electron chi connectivity index (χ4n) is 0.976. The van der Waals surface area contributed by atoms with E-state index in [2.05, 4.69) is 0 Å². The fraction of sp³-hybridized carbons (Fsp3) is 0.333. The average Bonchev–Trinajstić information content (AvgIpc) is 2.08. The van der Waals surface area contributed by atoms with E-state index >= 15 is 0 Å². The van der Waals surface area contributed by atoms with Crippen LogP contribution < -0.4 is 11.5 Å². The number of hydrogen-bond acceptors (Lipinski definition) is 2. The third kappa shape index (κ3) is 1.81. The van der Waals surface area contributed by atoms with Gasteiger partial charge in [-0.3, -0.25) is 0 Å². The Bertz CT molecular complexity index is 273. The summed E-state index contributed by atoms with van der Waals surface area (Å²) in [5.74, 6) is -0.226. The van der Waals surface area contributed by atoms with Gasteiger partial charge in [-0.15, -0.1) is 0 Å². The molecule has 0 aliphatic rings. The maximum absolute atomic E-state index is 13.0. The summed E-state index contributed by atoms with van der Waals surface area (Å²) in [4.78, 5) is 0. The van der Waals surface area contributed by atoms with Gasteiger partial charge >= 0.3 is 0 Å². The zero-order valence-corrected chi connectivity index (χ0v) is 7.05. The van der Waals surface area contributed by atoms with Crippen molar-refractivity contribution in [1.29, 1.82) is 0 Å². The first kappa shape index (κ1) is 9.16. The van der Waals surface area contributed by atoms with Crippen molar-refractivity contribution >= 4 is 0 Å². The van der Waals surface area contributed by atoms with Crippen LogP contribution in [0.4, 0.5) is 4.39 Å². The summed E-state index contributed by atoms with van der Waals surface area (Å²) >= 11 is 0. The van der Waals surface area contributed by atoms with E-state index in [1.54, 1.807) is 19.1 Å². The minimum absolute atomic E-state index is 0.226.